The number of anilines is 1. The Balaban J connectivity index is 2.55. The average molecular weight is 432 g/mol. The van der Waals surface area contributed by atoms with Crippen molar-refractivity contribution in [3.8, 4) is 5.75 Å². The summed E-state index contributed by atoms with van der Waals surface area (Å²) in [5.41, 5.74) is -0.409. The first kappa shape index (κ1) is 18.5. The molecule has 0 unspecified atom stereocenters. The molecule has 0 aliphatic rings. The number of sulfonamides is 1. The van der Waals surface area contributed by atoms with Crippen molar-refractivity contribution in [1.82, 2.24) is 0 Å². The van der Waals surface area contributed by atoms with Gasteiger partial charge in [0.2, 0.25) is 0 Å². The maximum absolute atomic E-state index is 13.9. The lowest BCUT2D eigenvalue weighted by Gasteiger charge is -2.12. The molecule has 2 aromatic rings. The first-order valence-corrected chi connectivity index (χ1v) is 8.25. The summed E-state index contributed by atoms with van der Waals surface area (Å²) in [6.45, 7) is 0. The van der Waals surface area contributed by atoms with Gasteiger partial charge in [-0.2, -0.15) is 0 Å². The van der Waals surface area contributed by atoms with Gasteiger partial charge >= 0.3 is 0 Å². The Bertz CT molecular complexity index is 891. The van der Waals surface area contributed by atoms with Crippen LogP contribution in [0.5, 0.6) is 5.75 Å². The summed E-state index contributed by atoms with van der Waals surface area (Å²) >= 11 is 2.30. The van der Waals surface area contributed by atoms with E-state index in [1.165, 1.54) is 7.11 Å². The number of ether oxygens (including phenoxy) is 1. The van der Waals surface area contributed by atoms with Crippen LogP contribution in [0.1, 0.15) is 0 Å². The van der Waals surface area contributed by atoms with E-state index in [2.05, 4.69) is 20.7 Å². The zero-order valence-electron chi connectivity index (χ0n) is 11.6. The molecule has 0 spiro atoms. The van der Waals surface area contributed by atoms with Crippen molar-refractivity contribution in [1.29, 1.82) is 0 Å². The van der Waals surface area contributed by atoms with E-state index in [0.29, 0.717) is 6.07 Å². The molecule has 0 atom stereocenters. The van der Waals surface area contributed by atoms with Gasteiger partial charge in [-0.05, 0) is 28.1 Å². The van der Waals surface area contributed by atoms with Gasteiger partial charge in [-0.25, -0.2) is 30.4 Å². The fraction of sp³-hybridized carbons (Fsp3) is 0.0769. The fourth-order valence-corrected chi connectivity index (χ4v) is 3.46. The first-order valence-electron chi connectivity index (χ1n) is 5.98. The van der Waals surface area contributed by atoms with Crippen molar-refractivity contribution in [2.24, 2.45) is 0 Å². The number of hydrogen-bond acceptors (Lipinski definition) is 3. The van der Waals surface area contributed by atoms with Gasteiger partial charge in [-0.15, -0.1) is 0 Å². The third kappa shape index (κ3) is 3.18. The molecule has 11 heteroatoms. The summed E-state index contributed by atoms with van der Waals surface area (Å²) < 4.78 is 96.9. The van der Waals surface area contributed by atoms with Gasteiger partial charge in [0.1, 0.15) is 0 Å². The third-order valence-corrected chi connectivity index (χ3v) is 4.94. The summed E-state index contributed by atoms with van der Waals surface area (Å²) in [6.07, 6.45) is 0. The Hall–Kier alpha value is -1.88. The molecule has 4 nitrogen and oxygen atoms in total. The van der Waals surface area contributed by atoms with Crippen LogP contribution in [0.15, 0.2) is 27.6 Å². The molecule has 0 fully saturated rings. The van der Waals surface area contributed by atoms with Crippen LogP contribution < -0.4 is 9.46 Å². The summed E-state index contributed by atoms with van der Waals surface area (Å²) in [6, 6.07) is 2.78. The van der Waals surface area contributed by atoms with Crippen LogP contribution in [0.4, 0.5) is 27.6 Å². The van der Waals surface area contributed by atoms with Gasteiger partial charge in [0.05, 0.1) is 17.3 Å². The standard InChI is InChI=1S/C13H7BrF5NO3S/c1-23-7-3-2-5(4-6(7)15)20-24(21,22)13-10(17)8(14)9(16)11(18)12(13)19/h2-4,20H,1H3. The number of hydrogen-bond donors (Lipinski definition) is 1. The number of halogens is 6. The molecule has 0 saturated carbocycles. The van der Waals surface area contributed by atoms with Gasteiger partial charge in [-0.1, -0.05) is 0 Å². The molecule has 0 radical (unpaired) electrons. The van der Waals surface area contributed by atoms with Crippen molar-refractivity contribution in [3.63, 3.8) is 0 Å². The fourth-order valence-electron chi connectivity index (χ4n) is 1.76. The van der Waals surface area contributed by atoms with E-state index >= 15 is 0 Å². The van der Waals surface area contributed by atoms with Crippen molar-refractivity contribution in [2.45, 2.75) is 4.90 Å². The molecule has 0 amide bonds. The number of rotatable bonds is 4. The molecule has 0 aliphatic carbocycles. The molecular formula is C13H7BrF5NO3S. The number of nitrogens with one attached hydrogen (secondary N) is 1. The summed E-state index contributed by atoms with van der Waals surface area (Å²) in [4.78, 5) is -1.75. The molecular weight excluding hydrogens is 425 g/mol. The van der Waals surface area contributed by atoms with Gasteiger partial charge in [0, 0.05) is 6.07 Å². The molecule has 24 heavy (non-hydrogen) atoms. The lowest BCUT2D eigenvalue weighted by molar-refractivity contribution is 0.386. The quantitative estimate of drug-likeness (QED) is 0.453. The smallest absolute Gasteiger partial charge is 0.267 e. The minimum absolute atomic E-state index is 0.203. The Morgan fingerprint density at radius 3 is 2.17 bits per heavy atom. The van der Waals surface area contributed by atoms with Crippen LogP contribution in [-0.2, 0) is 10.0 Å². The van der Waals surface area contributed by atoms with Crippen LogP contribution in [0.3, 0.4) is 0 Å². The van der Waals surface area contributed by atoms with E-state index in [4.69, 9.17) is 0 Å². The second-order valence-corrected chi connectivity index (χ2v) is 6.77. The third-order valence-electron chi connectivity index (χ3n) is 2.84. The predicted octanol–water partition coefficient (Wildman–Crippen LogP) is 3.95. The number of methoxy groups -OCH3 is 1. The largest absolute Gasteiger partial charge is 0.494 e. The van der Waals surface area contributed by atoms with Crippen LogP contribution in [0, 0.1) is 29.1 Å². The molecule has 2 rings (SSSR count). The summed E-state index contributed by atoms with van der Waals surface area (Å²) in [5.74, 6) is -9.36. The molecule has 0 aromatic heterocycles. The molecule has 0 saturated heterocycles. The molecule has 0 aliphatic heterocycles. The second kappa shape index (κ2) is 6.55. The van der Waals surface area contributed by atoms with E-state index in [0.717, 1.165) is 12.1 Å². The maximum Gasteiger partial charge on any atom is 0.267 e. The van der Waals surface area contributed by atoms with E-state index in [9.17, 15) is 30.4 Å². The monoisotopic (exact) mass is 431 g/mol. The zero-order chi connectivity index (χ0) is 18.2. The summed E-state index contributed by atoms with van der Waals surface area (Å²) in [5, 5.41) is 0. The van der Waals surface area contributed by atoms with Crippen LogP contribution in [0.2, 0.25) is 0 Å². The SMILES string of the molecule is COc1ccc(NS(=O)(=O)c2c(F)c(F)c(F)c(Br)c2F)cc1F. The van der Waals surface area contributed by atoms with Crippen molar-refractivity contribution in [3.05, 3.63) is 51.8 Å². The van der Waals surface area contributed by atoms with Crippen LogP contribution in [0.25, 0.3) is 0 Å². The van der Waals surface area contributed by atoms with Gasteiger partial charge in [-0.3, -0.25) is 4.72 Å². The Kier molecular flexibility index (Phi) is 5.04. The lowest BCUT2D eigenvalue weighted by atomic mass is 10.3. The van der Waals surface area contributed by atoms with Gasteiger partial charge in [0.25, 0.3) is 10.0 Å². The predicted molar refractivity (Wildman–Crippen MR) is 77.7 cm³/mol. The highest BCUT2D eigenvalue weighted by atomic mass is 79.9. The summed E-state index contributed by atoms with van der Waals surface area (Å²) in [7, 11) is -3.84. The Morgan fingerprint density at radius 1 is 1.00 bits per heavy atom. The highest BCUT2D eigenvalue weighted by molar-refractivity contribution is 9.10. The zero-order valence-corrected chi connectivity index (χ0v) is 14.0. The second-order valence-electron chi connectivity index (χ2n) is 4.35. The molecule has 0 bridgehead atoms. The minimum Gasteiger partial charge on any atom is -0.494 e. The van der Waals surface area contributed by atoms with Crippen molar-refractivity contribution in [2.75, 3.05) is 11.8 Å². The topological polar surface area (TPSA) is 55.4 Å². The van der Waals surface area contributed by atoms with Crippen LogP contribution in [-0.4, -0.2) is 15.5 Å². The molecule has 0 heterocycles. The minimum atomic E-state index is -5.02. The average Bonchev–Trinajstić information content (AvgIpc) is 2.50. The van der Waals surface area contributed by atoms with E-state index in [-0.39, 0.29) is 5.75 Å². The molecule has 130 valence electrons. The number of benzene rings is 2. The van der Waals surface area contributed by atoms with E-state index < -0.39 is 54.2 Å². The highest BCUT2D eigenvalue weighted by Gasteiger charge is 2.32. The first-order chi connectivity index (χ1) is 11.1. The lowest BCUT2D eigenvalue weighted by Crippen LogP contribution is -2.18. The molecule has 2 aromatic carbocycles. The van der Waals surface area contributed by atoms with E-state index in [1.54, 1.807) is 4.72 Å². The highest BCUT2D eigenvalue weighted by Crippen LogP contribution is 2.32. The molecule has 1 N–H and O–H groups in total. The van der Waals surface area contributed by atoms with Crippen LogP contribution >= 0.6 is 15.9 Å². The normalized spacial score (nSPS) is 11.5. The van der Waals surface area contributed by atoms with Crippen molar-refractivity contribution >= 4 is 31.6 Å². The van der Waals surface area contributed by atoms with Gasteiger partial charge in [0.15, 0.2) is 39.7 Å². The Morgan fingerprint density at radius 2 is 1.62 bits per heavy atom. The Labute approximate surface area is 141 Å². The van der Waals surface area contributed by atoms with Gasteiger partial charge < -0.3 is 4.74 Å². The van der Waals surface area contributed by atoms with E-state index in [1.807, 2.05) is 0 Å². The van der Waals surface area contributed by atoms with Crippen molar-refractivity contribution < 1.29 is 35.1 Å². The maximum atomic E-state index is 13.9.